The highest BCUT2D eigenvalue weighted by Crippen LogP contribution is 2.38. The molecule has 1 aromatic rings. The van der Waals surface area contributed by atoms with Crippen molar-refractivity contribution in [2.75, 3.05) is 26.3 Å². The average Bonchev–Trinajstić information content (AvgIpc) is 2.95. The third-order valence-corrected chi connectivity index (χ3v) is 4.58. The van der Waals surface area contributed by atoms with E-state index >= 15 is 0 Å². The Morgan fingerprint density at radius 1 is 1.27 bits per heavy atom. The molecule has 2 aliphatic heterocycles. The quantitative estimate of drug-likeness (QED) is 0.883. The van der Waals surface area contributed by atoms with Gasteiger partial charge in [0.15, 0.2) is 11.5 Å². The number of nitrogens with zero attached hydrogens (tertiary/aromatic N) is 1. The number of ether oxygens (including phenoxy) is 2. The molecule has 144 valence electrons. The lowest BCUT2D eigenvalue weighted by molar-refractivity contribution is -0.174. The maximum Gasteiger partial charge on any atom is 0.471 e. The van der Waals surface area contributed by atoms with Crippen molar-refractivity contribution < 1.29 is 27.4 Å². The van der Waals surface area contributed by atoms with Crippen molar-refractivity contribution in [1.82, 2.24) is 10.2 Å². The van der Waals surface area contributed by atoms with Gasteiger partial charge < -0.3 is 14.8 Å². The molecule has 3 rings (SSSR count). The summed E-state index contributed by atoms with van der Waals surface area (Å²) in [7, 11) is 0. The first kappa shape index (κ1) is 18.8. The molecule has 1 amide bonds. The molecule has 2 heterocycles. The number of carbonyl (C=O) groups excluding carboxylic acids is 1. The summed E-state index contributed by atoms with van der Waals surface area (Å²) in [5.41, 5.74) is 0.819. The summed E-state index contributed by atoms with van der Waals surface area (Å²) in [5.74, 6) is -0.321. The molecular formula is C18H23F3N2O3. The highest BCUT2D eigenvalue weighted by molar-refractivity contribution is 5.82. The number of halogens is 3. The Labute approximate surface area is 150 Å². The van der Waals surface area contributed by atoms with Gasteiger partial charge in [0.05, 0.1) is 12.1 Å². The van der Waals surface area contributed by atoms with Crippen LogP contribution < -0.4 is 14.8 Å². The number of benzene rings is 1. The van der Waals surface area contributed by atoms with E-state index in [1.54, 1.807) is 6.07 Å². The molecule has 5 nitrogen and oxygen atoms in total. The first-order chi connectivity index (χ1) is 12.3. The number of rotatable bonds is 4. The lowest BCUT2D eigenvalue weighted by atomic mass is 9.98. The fraction of sp³-hybridized carbons (Fsp3) is 0.611. The molecule has 0 radical (unpaired) electrons. The zero-order valence-electron chi connectivity index (χ0n) is 14.8. The zero-order valence-corrected chi connectivity index (χ0v) is 14.8. The molecular weight excluding hydrogens is 349 g/mol. The van der Waals surface area contributed by atoms with Crippen molar-refractivity contribution in [3.8, 4) is 11.5 Å². The lowest BCUT2D eigenvalue weighted by Crippen LogP contribution is -2.45. The SMILES string of the molecule is CC(C)CN1CCC(NC(=O)C(F)(F)F)[C@H]1c1ccc2c(c1)OCCO2. The summed E-state index contributed by atoms with van der Waals surface area (Å²) in [6.07, 6.45) is -4.42. The monoisotopic (exact) mass is 372 g/mol. The van der Waals surface area contributed by atoms with Gasteiger partial charge in [0.25, 0.3) is 0 Å². The van der Waals surface area contributed by atoms with Gasteiger partial charge in [0.2, 0.25) is 0 Å². The molecule has 2 aliphatic rings. The highest BCUT2D eigenvalue weighted by atomic mass is 19.4. The number of alkyl halides is 3. The molecule has 8 heteroatoms. The van der Waals surface area contributed by atoms with E-state index < -0.39 is 18.1 Å². The number of hydrogen-bond donors (Lipinski definition) is 1. The summed E-state index contributed by atoms with van der Waals surface area (Å²) >= 11 is 0. The van der Waals surface area contributed by atoms with E-state index in [2.05, 4.69) is 24.1 Å². The van der Waals surface area contributed by atoms with Crippen molar-refractivity contribution in [2.45, 2.75) is 38.5 Å². The van der Waals surface area contributed by atoms with Crippen LogP contribution in [0.2, 0.25) is 0 Å². The summed E-state index contributed by atoms with van der Waals surface area (Å²) in [5, 5.41) is 2.17. The van der Waals surface area contributed by atoms with Crippen molar-refractivity contribution in [3.63, 3.8) is 0 Å². The predicted octanol–water partition coefficient (Wildman–Crippen LogP) is 2.91. The van der Waals surface area contributed by atoms with Crippen LogP contribution in [-0.2, 0) is 4.79 Å². The fourth-order valence-corrected chi connectivity index (χ4v) is 3.62. The minimum atomic E-state index is -4.89. The van der Waals surface area contributed by atoms with Gasteiger partial charge in [0, 0.05) is 13.1 Å². The topological polar surface area (TPSA) is 50.8 Å². The Kier molecular flexibility index (Phi) is 5.32. The summed E-state index contributed by atoms with van der Waals surface area (Å²) in [4.78, 5) is 13.6. The van der Waals surface area contributed by atoms with Crippen molar-refractivity contribution in [3.05, 3.63) is 23.8 Å². The number of carbonyl (C=O) groups is 1. The molecule has 1 aromatic carbocycles. The van der Waals surface area contributed by atoms with Crippen LogP contribution in [0.15, 0.2) is 18.2 Å². The Balaban J connectivity index is 1.87. The first-order valence-corrected chi connectivity index (χ1v) is 8.77. The number of hydrogen-bond acceptors (Lipinski definition) is 4. The predicted molar refractivity (Wildman–Crippen MR) is 89.2 cm³/mol. The summed E-state index contributed by atoms with van der Waals surface area (Å²) in [6, 6.07) is 4.48. The van der Waals surface area contributed by atoms with Gasteiger partial charge in [-0.2, -0.15) is 13.2 Å². The molecule has 1 saturated heterocycles. The van der Waals surface area contributed by atoms with Crippen LogP contribution in [0, 0.1) is 5.92 Å². The number of fused-ring (bicyclic) bond motifs is 1. The van der Waals surface area contributed by atoms with E-state index in [-0.39, 0.29) is 6.04 Å². The van der Waals surface area contributed by atoms with Gasteiger partial charge in [0.1, 0.15) is 13.2 Å². The third-order valence-electron chi connectivity index (χ3n) is 4.58. The number of amides is 1. The second-order valence-corrected chi connectivity index (χ2v) is 7.10. The fourth-order valence-electron chi connectivity index (χ4n) is 3.62. The van der Waals surface area contributed by atoms with Crippen molar-refractivity contribution in [1.29, 1.82) is 0 Å². The maximum absolute atomic E-state index is 12.7. The number of nitrogens with one attached hydrogen (secondary N) is 1. The zero-order chi connectivity index (χ0) is 18.9. The smallest absolute Gasteiger partial charge is 0.471 e. The largest absolute Gasteiger partial charge is 0.486 e. The van der Waals surface area contributed by atoms with Crippen LogP contribution in [0.3, 0.4) is 0 Å². The highest BCUT2D eigenvalue weighted by Gasteiger charge is 2.44. The van der Waals surface area contributed by atoms with Gasteiger partial charge in [-0.05, 0) is 30.0 Å². The molecule has 0 bridgehead atoms. The van der Waals surface area contributed by atoms with E-state index in [9.17, 15) is 18.0 Å². The Hall–Kier alpha value is -1.96. The van der Waals surface area contributed by atoms with Crippen LogP contribution in [0.25, 0.3) is 0 Å². The van der Waals surface area contributed by atoms with E-state index in [0.29, 0.717) is 43.6 Å². The van der Waals surface area contributed by atoms with Gasteiger partial charge in [-0.15, -0.1) is 0 Å². The van der Waals surface area contributed by atoms with Gasteiger partial charge >= 0.3 is 12.1 Å². The normalized spacial score (nSPS) is 23.3. The molecule has 26 heavy (non-hydrogen) atoms. The van der Waals surface area contributed by atoms with Crippen LogP contribution in [0.4, 0.5) is 13.2 Å². The molecule has 1 unspecified atom stereocenters. The molecule has 1 fully saturated rings. The molecule has 0 saturated carbocycles. The second kappa shape index (κ2) is 7.34. The first-order valence-electron chi connectivity index (χ1n) is 8.77. The molecule has 1 N–H and O–H groups in total. The minimum absolute atomic E-state index is 0.334. The lowest BCUT2D eigenvalue weighted by Gasteiger charge is -2.31. The Morgan fingerprint density at radius 2 is 1.96 bits per heavy atom. The van der Waals surface area contributed by atoms with Gasteiger partial charge in [-0.3, -0.25) is 9.69 Å². The molecule has 0 aliphatic carbocycles. The Bertz CT molecular complexity index is 664. The number of likely N-dealkylation sites (tertiary alicyclic amines) is 1. The maximum atomic E-state index is 12.7. The van der Waals surface area contributed by atoms with Gasteiger partial charge in [-0.1, -0.05) is 19.9 Å². The van der Waals surface area contributed by atoms with Crippen molar-refractivity contribution in [2.24, 2.45) is 5.92 Å². The third kappa shape index (κ3) is 4.06. The van der Waals surface area contributed by atoms with E-state index in [1.165, 1.54) is 0 Å². The average molecular weight is 372 g/mol. The van der Waals surface area contributed by atoms with Crippen LogP contribution in [0.5, 0.6) is 11.5 Å². The van der Waals surface area contributed by atoms with Crippen LogP contribution >= 0.6 is 0 Å². The van der Waals surface area contributed by atoms with Crippen LogP contribution in [0.1, 0.15) is 31.9 Å². The standard InChI is InChI=1S/C18H23F3N2O3/c1-11(2)10-23-6-5-13(22-17(24)18(19,20)21)16(23)12-3-4-14-15(9-12)26-8-7-25-14/h3-4,9,11,13,16H,5-8,10H2,1-2H3,(H,22,24)/t13?,16-/m1/s1. The molecule has 2 atom stereocenters. The van der Waals surface area contributed by atoms with E-state index in [4.69, 9.17) is 9.47 Å². The van der Waals surface area contributed by atoms with Crippen LogP contribution in [-0.4, -0.2) is 49.3 Å². The molecule has 0 spiro atoms. The Morgan fingerprint density at radius 3 is 2.62 bits per heavy atom. The van der Waals surface area contributed by atoms with Gasteiger partial charge in [-0.25, -0.2) is 0 Å². The van der Waals surface area contributed by atoms with E-state index in [1.807, 2.05) is 12.1 Å². The summed E-state index contributed by atoms with van der Waals surface area (Å²) < 4.78 is 49.2. The molecule has 0 aromatic heterocycles. The minimum Gasteiger partial charge on any atom is -0.486 e. The summed E-state index contributed by atoms with van der Waals surface area (Å²) in [6.45, 7) is 6.38. The van der Waals surface area contributed by atoms with Crippen molar-refractivity contribution >= 4 is 5.91 Å². The van der Waals surface area contributed by atoms with E-state index in [0.717, 1.165) is 12.1 Å². The second-order valence-electron chi connectivity index (χ2n) is 7.10.